The molecule has 3 nitrogen and oxygen atoms in total. The van der Waals surface area contributed by atoms with Gasteiger partial charge in [0.05, 0.1) is 18.7 Å². The highest BCUT2D eigenvalue weighted by Gasteiger charge is 2.15. The van der Waals surface area contributed by atoms with Crippen LogP contribution in [0.5, 0.6) is 11.5 Å². The average Bonchev–Trinajstić information content (AvgIpc) is 2.29. The maximum atomic E-state index is 10.4. The molecule has 0 saturated heterocycles. The highest BCUT2D eigenvalue weighted by atomic mass is 79.9. The van der Waals surface area contributed by atoms with Crippen LogP contribution in [-0.2, 0) is 11.2 Å². The molecule has 0 N–H and O–H groups in total. The predicted molar refractivity (Wildman–Crippen MR) is 66.4 cm³/mol. The molecule has 0 amide bonds. The Labute approximate surface area is 104 Å². The fraction of sp³-hybridized carbons (Fsp3) is 0.417. The maximum Gasteiger partial charge on any atom is 0.175 e. The van der Waals surface area contributed by atoms with Crippen LogP contribution in [0, 0.1) is 6.92 Å². The van der Waals surface area contributed by atoms with E-state index in [1.807, 2.05) is 13.0 Å². The Hall–Kier alpha value is -1.03. The second kappa shape index (κ2) is 5.89. The normalized spacial score (nSPS) is 10.0. The van der Waals surface area contributed by atoms with Gasteiger partial charge in [-0.15, -0.1) is 0 Å². The van der Waals surface area contributed by atoms with E-state index < -0.39 is 0 Å². The number of benzene rings is 1. The van der Waals surface area contributed by atoms with Crippen molar-refractivity contribution in [1.29, 1.82) is 0 Å². The predicted octanol–water partition coefficient (Wildman–Crippen LogP) is 2.91. The molecular formula is C12H15BrO3. The molecule has 0 unspecified atom stereocenters. The van der Waals surface area contributed by atoms with Gasteiger partial charge in [0.15, 0.2) is 11.5 Å². The highest BCUT2D eigenvalue weighted by Crippen LogP contribution is 2.39. The molecule has 0 atom stereocenters. The van der Waals surface area contributed by atoms with Gasteiger partial charge in [0.25, 0.3) is 0 Å². The van der Waals surface area contributed by atoms with Gasteiger partial charge in [0.1, 0.15) is 6.29 Å². The second-order valence-corrected chi connectivity index (χ2v) is 4.27. The lowest BCUT2D eigenvalue weighted by Gasteiger charge is -2.15. The van der Waals surface area contributed by atoms with Crippen LogP contribution in [0.4, 0.5) is 0 Å². The minimum atomic E-state index is 0.517. The topological polar surface area (TPSA) is 35.5 Å². The second-order valence-electron chi connectivity index (χ2n) is 3.41. The van der Waals surface area contributed by atoms with E-state index in [1.54, 1.807) is 14.2 Å². The molecule has 88 valence electrons. The summed E-state index contributed by atoms with van der Waals surface area (Å²) >= 11 is 3.43. The van der Waals surface area contributed by atoms with Gasteiger partial charge in [-0.3, -0.25) is 0 Å². The summed E-state index contributed by atoms with van der Waals surface area (Å²) in [5.74, 6) is 1.41. The standard InChI is InChI=1S/C12H15BrO3/c1-8-9(5-4-6-14)7-10(13)12(16-3)11(8)15-2/h6-7H,4-5H2,1-3H3. The van der Waals surface area contributed by atoms with E-state index in [1.165, 1.54) is 0 Å². The van der Waals surface area contributed by atoms with Crippen molar-refractivity contribution in [3.05, 3.63) is 21.7 Å². The van der Waals surface area contributed by atoms with Crippen molar-refractivity contribution in [3.8, 4) is 11.5 Å². The number of aryl methyl sites for hydroxylation is 1. The van der Waals surface area contributed by atoms with E-state index in [4.69, 9.17) is 9.47 Å². The van der Waals surface area contributed by atoms with Crippen molar-refractivity contribution in [2.75, 3.05) is 14.2 Å². The van der Waals surface area contributed by atoms with Gasteiger partial charge >= 0.3 is 0 Å². The Morgan fingerprint density at radius 1 is 1.31 bits per heavy atom. The molecule has 0 aromatic heterocycles. The summed E-state index contributed by atoms with van der Waals surface area (Å²) in [5.41, 5.74) is 2.11. The molecule has 0 radical (unpaired) electrons. The Balaban J connectivity index is 3.22. The number of halogens is 1. The molecule has 1 rings (SSSR count). The van der Waals surface area contributed by atoms with Crippen molar-refractivity contribution < 1.29 is 14.3 Å². The number of hydrogen-bond donors (Lipinski definition) is 0. The van der Waals surface area contributed by atoms with Crippen LogP contribution in [0.25, 0.3) is 0 Å². The molecule has 0 heterocycles. The van der Waals surface area contributed by atoms with Crippen LogP contribution < -0.4 is 9.47 Å². The quantitative estimate of drug-likeness (QED) is 0.781. The largest absolute Gasteiger partial charge is 0.493 e. The first kappa shape index (κ1) is 13.0. The third kappa shape index (κ3) is 2.55. The van der Waals surface area contributed by atoms with Crippen molar-refractivity contribution in [1.82, 2.24) is 0 Å². The van der Waals surface area contributed by atoms with Crippen LogP contribution in [0.2, 0.25) is 0 Å². The zero-order valence-electron chi connectivity index (χ0n) is 9.67. The monoisotopic (exact) mass is 286 g/mol. The molecule has 4 heteroatoms. The lowest BCUT2D eigenvalue weighted by molar-refractivity contribution is -0.107. The molecule has 0 aliphatic rings. The third-order valence-electron chi connectivity index (χ3n) is 2.49. The zero-order valence-corrected chi connectivity index (χ0v) is 11.3. The Morgan fingerprint density at radius 3 is 2.44 bits per heavy atom. The van der Waals surface area contributed by atoms with Crippen molar-refractivity contribution in [2.45, 2.75) is 19.8 Å². The summed E-state index contributed by atoms with van der Waals surface area (Å²) in [6.07, 6.45) is 2.15. The number of carbonyl (C=O) groups excluding carboxylic acids is 1. The van der Waals surface area contributed by atoms with Crippen molar-refractivity contribution in [3.63, 3.8) is 0 Å². The zero-order chi connectivity index (χ0) is 12.1. The summed E-state index contributed by atoms with van der Waals surface area (Å²) in [6, 6.07) is 1.97. The van der Waals surface area contributed by atoms with Crippen molar-refractivity contribution in [2.24, 2.45) is 0 Å². The third-order valence-corrected chi connectivity index (χ3v) is 3.08. The molecule has 16 heavy (non-hydrogen) atoms. The van der Waals surface area contributed by atoms with E-state index in [0.717, 1.165) is 27.6 Å². The van der Waals surface area contributed by atoms with Gasteiger partial charge in [0.2, 0.25) is 0 Å². The lowest BCUT2D eigenvalue weighted by Crippen LogP contribution is -1.99. The highest BCUT2D eigenvalue weighted by molar-refractivity contribution is 9.10. The summed E-state index contributed by atoms with van der Waals surface area (Å²) < 4.78 is 11.4. The van der Waals surface area contributed by atoms with Crippen LogP contribution in [0.1, 0.15) is 17.5 Å². The Morgan fingerprint density at radius 2 is 1.94 bits per heavy atom. The minimum Gasteiger partial charge on any atom is -0.493 e. The van der Waals surface area contributed by atoms with Gasteiger partial charge in [-0.1, -0.05) is 0 Å². The van der Waals surface area contributed by atoms with Gasteiger partial charge in [-0.05, 0) is 46.5 Å². The molecule has 0 aliphatic carbocycles. The number of rotatable bonds is 5. The fourth-order valence-corrected chi connectivity index (χ4v) is 2.28. The summed E-state index contributed by atoms with van der Waals surface area (Å²) in [7, 11) is 3.22. The fourth-order valence-electron chi connectivity index (χ4n) is 1.66. The van der Waals surface area contributed by atoms with Gasteiger partial charge in [0, 0.05) is 6.42 Å². The van der Waals surface area contributed by atoms with E-state index in [9.17, 15) is 4.79 Å². The first-order valence-electron chi connectivity index (χ1n) is 4.99. The first-order valence-corrected chi connectivity index (χ1v) is 5.78. The van der Waals surface area contributed by atoms with E-state index in [-0.39, 0.29) is 0 Å². The number of aldehydes is 1. The van der Waals surface area contributed by atoms with Gasteiger partial charge < -0.3 is 14.3 Å². The van der Waals surface area contributed by atoms with Crippen LogP contribution in [0.3, 0.4) is 0 Å². The summed E-state index contributed by atoms with van der Waals surface area (Å²) in [5, 5.41) is 0. The molecule has 1 aromatic carbocycles. The van der Waals surface area contributed by atoms with Crippen LogP contribution >= 0.6 is 15.9 Å². The number of hydrogen-bond acceptors (Lipinski definition) is 3. The molecule has 1 aromatic rings. The van der Waals surface area contributed by atoms with Crippen molar-refractivity contribution >= 4 is 22.2 Å². The van der Waals surface area contributed by atoms with Gasteiger partial charge in [-0.2, -0.15) is 0 Å². The minimum absolute atomic E-state index is 0.517. The average molecular weight is 287 g/mol. The van der Waals surface area contributed by atoms with Crippen LogP contribution in [0.15, 0.2) is 10.5 Å². The number of methoxy groups -OCH3 is 2. The smallest absolute Gasteiger partial charge is 0.175 e. The first-order chi connectivity index (χ1) is 7.65. The van der Waals surface area contributed by atoms with E-state index >= 15 is 0 Å². The Bertz CT molecular complexity index is 388. The molecular weight excluding hydrogens is 272 g/mol. The van der Waals surface area contributed by atoms with Crippen LogP contribution in [-0.4, -0.2) is 20.5 Å². The molecule has 0 fully saturated rings. The Kier molecular flexibility index (Phi) is 4.80. The molecule has 0 spiro atoms. The molecule has 0 bridgehead atoms. The summed E-state index contributed by atoms with van der Waals surface area (Å²) in [6.45, 7) is 1.97. The summed E-state index contributed by atoms with van der Waals surface area (Å²) in [4.78, 5) is 10.4. The van der Waals surface area contributed by atoms with E-state index in [2.05, 4.69) is 15.9 Å². The van der Waals surface area contributed by atoms with E-state index in [0.29, 0.717) is 18.6 Å². The maximum absolute atomic E-state index is 10.4. The lowest BCUT2D eigenvalue weighted by atomic mass is 10.0. The molecule has 0 saturated carbocycles. The molecule has 0 aliphatic heterocycles. The SMILES string of the molecule is COc1c(Br)cc(CCC=O)c(C)c1OC. The van der Waals surface area contributed by atoms with Gasteiger partial charge in [-0.25, -0.2) is 0 Å². The number of ether oxygens (including phenoxy) is 2. The number of carbonyl (C=O) groups is 1.